The van der Waals surface area contributed by atoms with Crippen LogP contribution in [0, 0.1) is 29.6 Å². The topological polar surface area (TPSA) is 155 Å². The van der Waals surface area contributed by atoms with Crippen molar-refractivity contribution in [2.45, 2.75) is 63.4 Å². The number of nitrogens with two attached hydrogens (primary N) is 1. The molecule has 5 atom stereocenters. The Labute approximate surface area is 215 Å². The molecule has 37 heavy (non-hydrogen) atoms. The summed E-state index contributed by atoms with van der Waals surface area (Å²) in [6, 6.07) is 1.92. The van der Waals surface area contributed by atoms with Crippen LogP contribution in [0.2, 0.25) is 0 Å². The number of phenols is 1. The zero-order valence-electron chi connectivity index (χ0n) is 21.3. The zero-order chi connectivity index (χ0) is 26.8. The first-order valence-electron chi connectivity index (χ1n) is 13.2. The van der Waals surface area contributed by atoms with Crippen LogP contribution in [0.3, 0.4) is 0 Å². The Bertz CT molecular complexity index is 1220. The Balaban J connectivity index is 1.55. The summed E-state index contributed by atoms with van der Waals surface area (Å²) < 4.78 is 0. The minimum absolute atomic E-state index is 0.0788. The van der Waals surface area contributed by atoms with Crippen LogP contribution in [0.1, 0.15) is 66.4 Å². The zero-order valence-corrected chi connectivity index (χ0v) is 21.3. The van der Waals surface area contributed by atoms with Crippen molar-refractivity contribution < 1.29 is 34.2 Å². The Morgan fingerprint density at radius 2 is 1.78 bits per heavy atom. The molecular formula is C28H34N2O7. The minimum Gasteiger partial charge on any atom is -0.507 e. The third-order valence-electron chi connectivity index (χ3n) is 9.24. The number of primary amides is 1. The molecular weight excluding hydrogens is 476 g/mol. The van der Waals surface area contributed by atoms with Gasteiger partial charge in [0.05, 0.1) is 11.5 Å². The van der Waals surface area contributed by atoms with E-state index in [2.05, 4.69) is 0 Å². The molecule has 0 bridgehead atoms. The number of aliphatic hydroxyl groups is 1. The molecule has 0 saturated heterocycles. The van der Waals surface area contributed by atoms with Gasteiger partial charge in [0.2, 0.25) is 5.91 Å². The molecule has 4 aliphatic rings. The van der Waals surface area contributed by atoms with Gasteiger partial charge in [-0.05, 0) is 54.7 Å². The van der Waals surface area contributed by atoms with Gasteiger partial charge in [-0.15, -0.1) is 0 Å². The number of Topliss-reactive ketones (excluding diaryl/α,β-unsaturated/α-hetero) is 4. The van der Waals surface area contributed by atoms with Crippen LogP contribution < -0.4 is 10.6 Å². The Kier molecular flexibility index (Phi) is 6.25. The molecule has 0 radical (unpaired) electrons. The molecule has 0 heterocycles. The lowest BCUT2D eigenvalue weighted by Gasteiger charge is -2.48. The van der Waals surface area contributed by atoms with Gasteiger partial charge in [0.1, 0.15) is 5.75 Å². The van der Waals surface area contributed by atoms with Gasteiger partial charge in [0, 0.05) is 32.1 Å². The molecule has 5 rings (SSSR count). The number of aryl methyl sites for hydroxylation is 1. The number of aromatic hydroxyl groups is 1. The van der Waals surface area contributed by atoms with E-state index in [4.69, 9.17) is 5.73 Å². The van der Waals surface area contributed by atoms with Gasteiger partial charge >= 0.3 is 0 Å². The van der Waals surface area contributed by atoms with Gasteiger partial charge in [-0.3, -0.25) is 24.0 Å². The predicted octanol–water partition coefficient (Wildman–Crippen LogP) is 1.52. The van der Waals surface area contributed by atoms with E-state index in [1.165, 1.54) is 12.8 Å². The minimum atomic E-state index is -2.62. The van der Waals surface area contributed by atoms with Crippen LogP contribution in [0.15, 0.2) is 6.07 Å². The number of benzene rings is 1. The van der Waals surface area contributed by atoms with Crippen molar-refractivity contribution in [3.05, 3.63) is 22.8 Å². The monoisotopic (exact) mass is 510 g/mol. The molecule has 0 aromatic heterocycles. The number of carbonyl (C=O) groups excluding carboxylic acids is 5. The highest BCUT2D eigenvalue weighted by molar-refractivity contribution is 6.31. The Morgan fingerprint density at radius 1 is 1.11 bits per heavy atom. The molecule has 4 N–H and O–H groups in total. The summed E-state index contributed by atoms with van der Waals surface area (Å²) in [6.07, 6.45) is 6.28. The molecule has 0 aliphatic heterocycles. The van der Waals surface area contributed by atoms with E-state index in [9.17, 15) is 34.2 Å². The second-order valence-electron chi connectivity index (χ2n) is 11.6. The van der Waals surface area contributed by atoms with E-state index in [0.29, 0.717) is 23.5 Å². The second-order valence-corrected chi connectivity index (χ2v) is 11.6. The number of rotatable bonds is 5. The summed E-state index contributed by atoms with van der Waals surface area (Å²) in [5.74, 6) is -9.11. The maximum atomic E-state index is 13.9. The van der Waals surface area contributed by atoms with Gasteiger partial charge in [0.15, 0.2) is 34.7 Å². The van der Waals surface area contributed by atoms with Crippen molar-refractivity contribution in [2.75, 3.05) is 19.0 Å². The van der Waals surface area contributed by atoms with Crippen LogP contribution >= 0.6 is 0 Å². The number of amides is 1. The molecule has 2 unspecified atom stereocenters. The number of fused-ring (bicyclic) bond motifs is 3. The van der Waals surface area contributed by atoms with Gasteiger partial charge in [-0.2, -0.15) is 0 Å². The van der Waals surface area contributed by atoms with Gasteiger partial charge in [-0.1, -0.05) is 25.7 Å². The second kappa shape index (κ2) is 9.04. The van der Waals surface area contributed by atoms with E-state index in [0.717, 1.165) is 24.9 Å². The van der Waals surface area contributed by atoms with E-state index in [1.807, 2.05) is 25.1 Å². The number of ketones is 4. The quantitative estimate of drug-likeness (QED) is 0.504. The average molecular weight is 511 g/mol. The molecule has 0 spiro atoms. The van der Waals surface area contributed by atoms with Gasteiger partial charge in [0.25, 0.3) is 0 Å². The summed E-state index contributed by atoms with van der Waals surface area (Å²) in [5.41, 5.74) is 4.78. The molecule has 1 aromatic carbocycles. The molecule has 3 fully saturated rings. The summed E-state index contributed by atoms with van der Waals surface area (Å²) in [7, 11) is 3.72. The molecule has 3 saturated carbocycles. The highest BCUT2D eigenvalue weighted by Crippen LogP contribution is 2.51. The average Bonchev–Trinajstić information content (AvgIpc) is 3.34. The van der Waals surface area contributed by atoms with Crippen molar-refractivity contribution in [3.63, 3.8) is 0 Å². The van der Waals surface area contributed by atoms with Crippen molar-refractivity contribution in [1.29, 1.82) is 0 Å². The standard InChI is InChI=1S/C28H34N2O7/c1-30(2)18-11-14(8-7-13-5-3-4-6-13)23(32)21-17(18)10-15-9-16-12-19(31)22(27(29)36)26(35)28(16,37)25(34)20(15)24(21)33/h11,13,15-16,20,22,32,37H,3-10,12H2,1-2H3,(H2,29,36)/t15-,16+,20?,22?,28+/m1/s1. The summed E-state index contributed by atoms with van der Waals surface area (Å²) in [6.45, 7) is 0. The lowest BCUT2D eigenvalue weighted by Crippen LogP contribution is -2.68. The maximum absolute atomic E-state index is 13.9. The predicted molar refractivity (Wildman–Crippen MR) is 133 cm³/mol. The first-order chi connectivity index (χ1) is 17.5. The fourth-order valence-corrected chi connectivity index (χ4v) is 7.32. The van der Waals surface area contributed by atoms with Crippen LogP contribution in [-0.4, -0.2) is 58.9 Å². The molecule has 1 amide bonds. The summed E-state index contributed by atoms with van der Waals surface area (Å²) in [4.78, 5) is 66.9. The number of nitrogens with zero attached hydrogens (tertiary/aromatic N) is 1. The molecule has 4 aliphatic carbocycles. The molecule has 1 aromatic rings. The lowest BCUT2D eigenvalue weighted by molar-refractivity contribution is -0.175. The van der Waals surface area contributed by atoms with Crippen molar-refractivity contribution in [2.24, 2.45) is 35.3 Å². The van der Waals surface area contributed by atoms with Crippen molar-refractivity contribution >= 4 is 34.7 Å². The van der Waals surface area contributed by atoms with Crippen molar-refractivity contribution in [1.82, 2.24) is 0 Å². The fourth-order valence-electron chi connectivity index (χ4n) is 7.32. The van der Waals surface area contributed by atoms with E-state index >= 15 is 0 Å². The first-order valence-corrected chi connectivity index (χ1v) is 13.2. The SMILES string of the molecule is CN(C)c1cc(CCC2CCCC2)c(O)c2c1C[C@H]1C[C@H]3CC(=O)C(C(N)=O)C(=O)[C@@]3(O)C(=O)C1C2=O. The summed E-state index contributed by atoms with van der Waals surface area (Å²) >= 11 is 0. The van der Waals surface area contributed by atoms with Crippen LogP contribution in [0.5, 0.6) is 5.75 Å². The molecule has 9 nitrogen and oxygen atoms in total. The molecule has 9 heteroatoms. The highest BCUT2D eigenvalue weighted by Gasteiger charge is 2.66. The van der Waals surface area contributed by atoms with Crippen LogP contribution in [0.4, 0.5) is 5.69 Å². The third-order valence-corrected chi connectivity index (χ3v) is 9.24. The maximum Gasteiger partial charge on any atom is 0.235 e. The summed E-state index contributed by atoms with van der Waals surface area (Å²) in [5, 5.41) is 22.6. The Hall–Kier alpha value is -3.07. The third kappa shape index (κ3) is 3.81. The fraction of sp³-hybridized carbons (Fsp3) is 0.607. The van der Waals surface area contributed by atoms with Crippen LogP contribution in [0.25, 0.3) is 0 Å². The number of hydrogen-bond acceptors (Lipinski definition) is 8. The van der Waals surface area contributed by atoms with E-state index in [1.54, 1.807) is 0 Å². The smallest absolute Gasteiger partial charge is 0.235 e. The number of carbonyl (C=O) groups is 5. The Morgan fingerprint density at radius 3 is 2.41 bits per heavy atom. The highest BCUT2D eigenvalue weighted by atomic mass is 16.3. The van der Waals surface area contributed by atoms with Crippen LogP contribution in [-0.2, 0) is 32.0 Å². The molecule has 198 valence electrons. The van der Waals surface area contributed by atoms with Gasteiger partial charge in [-0.25, -0.2) is 0 Å². The van der Waals surface area contributed by atoms with E-state index in [-0.39, 0.29) is 30.6 Å². The van der Waals surface area contributed by atoms with E-state index < -0.39 is 58.3 Å². The number of anilines is 1. The van der Waals surface area contributed by atoms with Gasteiger partial charge < -0.3 is 20.8 Å². The number of phenolic OH excluding ortho intramolecular Hbond substituents is 1. The van der Waals surface area contributed by atoms with Crippen molar-refractivity contribution in [3.8, 4) is 5.75 Å². The lowest BCUT2D eigenvalue weighted by atomic mass is 9.53. The largest absolute Gasteiger partial charge is 0.507 e. The number of hydrogen-bond donors (Lipinski definition) is 3. The first kappa shape index (κ1) is 25.6. The normalized spacial score (nSPS) is 31.6.